The maximum atomic E-state index is 11.9. The Morgan fingerprint density at radius 2 is 1.84 bits per heavy atom. The van der Waals surface area contributed by atoms with Crippen LogP contribution >= 0.6 is 0 Å². The van der Waals surface area contributed by atoms with Crippen LogP contribution in [0, 0.1) is 5.41 Å². The van der Waals surface area contributed by atoms with Gasteiger partial charge in [-0.25, -0.2) is 4.79 Å². The lowest BCUT2D eigenvalue weighted by Crippen LogP contribution is -2.49. The van der Waals surface area contributed by atoms with Crippen LogP contribution < -0.4 is 5.32 Å². The first-order valence-electron chi connectivity index (χ1n) is 6.54. The van der Waals surface area contributed by atoms with Crippen molar-refractivity contribution < 1.29 is 19.1 Å². The number of piperidine rings is 1. The number of hydrogen-bond donors (Lipinski definition) is 1. The van der Waals surface area contributed by atoms with Gasteiger partial charge in [-0.15, -0.1) is 0 Å². The van der Waals surface area contributed by atoms with E-state index in [2.05, 4.69) is 5.32 Å². The fourth-order valence-electron chi connectivity index (χ4n) is 2.53. The zero-order valence-electron chi connectivity index (χ0n) is 11.6. The fraction of sp³-hybridized carbons (Fsp3) is 0.769. The van der Waals surface area contributed by atoms with Gasteiger partial charge in [0.25, 0.3) is 0 Å². The predicted molar refractivity (Wildman–Crippen MR) is 67.5 cm³/mol. The molecule has 1 spiro atoms. The van der Waals surface area contributed by atoms with E-state index in [0.717, 1.165) is 0 Å². The second-order valence-corrected chi connectivity index (χ2v) is 6.16. The van der Waals surface area contributed by atoms with E-state index < -0.39 is 11.0 Å². The van der Waals surface area contributed by atoms with Crippen molar-refractivity contribution in [3.05, 3.63) is 0 Å². The molecule has 2 aliphatic rings. The normalized spacial score (nSPS) is 22.6. The first-order valence-corrected chi connectivity index (χ1v) is 6.54. The van der Waals surface area contributed by atoms with Gasteiger partial charge < -0.3 is 15.0 Å². The Labute approximate surface area is 112 Å². The van der Waals surface area contributed by atoms with E-state index in [-0.39, 0.29) is 24.3 Å². The molecule has 2 heterocycles. The van der Waals surface area contributed by atoms with Gasteiger partial charge in [-0.1, -0.05) is 0 Å². The molecule has 0 saturated carbocycles. The largest absolute Gasteiger partial charge is 0.444 e. The molecule has 0 aliphatic carbocycles. The number of amides is 2. The van der Waals surface area contributed by atoms with Crippen LogP contribution in [-0.2, 0) is 14.3 Å². The number of hydrogen-bond acceptors (Lipinski definition) is 4. The number of Topliss-reactive ketones (excluding diaryl/α,β-unsaturated/α-hetero) is 1. The number of nitrogens with zero attached hydrogens (tertiary/aromatic N) is 1. The Bertz CT molecular complexity index is 399. The summed E-state index contributed by atoms with van der Waals surface area (Å²) in [4.78, 5) is 37.1. The van der Waals surface area contributed by atoms with E-state index in [1.165, 1.54) is 0 Å². The summed E-state index contributed by atoms with van der Waals surface area (Å²) in [5.41, 5.74) is -1.44. The molecule has 106 valence electrons. The summed E-state index contributed by atoms with van der Waals surface area (Å²) < 4.78 is 5.28. The molecular weight excluding hydrogens is 248 g/mol. The molecule has 0 radical (unpaired) electrons. The molecule has 0 aromatic carbocycles. The highest BCUT2D eigenvalue weighted by Gasteiger charge is 2.51. The molecule has 0 aromatic heterocycles. The van der Waals surface area contributed by atoms with Crippen molar-refractivity contribution in [2.75, 3.05) is 19.6 Å². The minimum absolute atomic E-state index is 0.0543. The summed E-state index contributed by atoms with van der Waals surface area (Å²) in [6, 6.07) is 0. The molecule has 0 bridgehead atoms. The quantitative estimate of drug-likeness (QED) is 0.656. The number of ether oxygens (including phenoxy) is 1. The van der Waals surface area contributed by atoms with E-state index in [9.17, 15) is 14.4 Å². The summed E-state index contributed by atoms with van der Waals surface area (Å²) in [6.45, 7) is 6.31. The summed E-state index contributed by atoms with van der Waals surface area (Å²) in [5.74, 6) is -0.248. The third-order valence-electron chi connectivity index (χ3n) is 3.65. The first kappa shape index (κ1) is 13.8. The van der Waals surface area contributed by atoms with Crippen LogP contribution in [-0.4, -0.2) is 47.9 Å². The molecule has 2 fully saturated rings. The summed E-state index contributed by atoms with van der Waals surface area (Å²) in [5, 5.41) is 2.59. The van der Waals surface area contributed by atoms with Gasteiger partial charge in [0.2, 0.25) is 5.91 Å². The molecule has 2 aliphatic heterocycles. The molecule has 1 N–H and O–H groups in total. The molecule has 0 unspecified atom stereocenters. The van der Waals surface area contributed by atoms with E-state index in [4.69, 9.17) is 4.74 Å². The van der Waals surface area contributed by atoms with Gasteiger partial charge in [0.1, 0.15) is 11.0 Å². The third kappa shape index (κ3) is 2.57. The van der Waals surface area contributed by atoms with Crippen LogP contribution in [0.25, 0.3) is 0 Å². The van der Waals surface area contributed by atoms with Gasteiger partial charge in [-0.3, -0.25) is 9.59 Å². The molecule has 2 amide bonds. The second-order valence-electron chi connectivity index (χ2n) is 6.16. The van der Waals surface area contributed by atoms with Gasteiger partial charge in [-0.05, 0) is 33.6 Å². The molecule has 2 rings (SSSR count). The Morgan fingerprint density at radius 1 is 1.26 bits per heavy atom. The molecule has 19 heavy (non-hydrogen) atoms. The van der Waals surface area contributed by atoms with Crippen LogP contribution in [0.1, 0.15) is 33.6 Å². The van der Waals surface area contributed by atoms with Crippen LogP contribution in [0.4, 0.5) is 4.79 Å². The fourth-order valence-corrected chi connectivity index (χ4v) is 2.53. The summed E-state index contributed by atoms with van der Waals surface area (Å²) in [6.07, 6.45) is 0.390. The number of likely N-dealkylation sites (tertiary alicyclic amines) is 1. The molecule has 0 atom stereocenters. The van der Waals surface area contributed by atoms with E-state index in [0.29, 0.717) is 25.9 Å². The van der Waals surface area contributed by atoms with Crippen molar-refractivity contribution in [3.8, 4) is 0 Å². The van der Waals surface area contributed by atoms with Gasteiger partial charge in [-0.2, -0.15) is 0 Å². The number of carbonyl (C=O) groups excluding carboxylic acids is 3. The predicted octanol–water partition coefficient (Wildman–Crippen LogP) is 0.703. The monoisotopic (exact) mass is 268 g/mol. The van der Waals surface area contributed by atoms with Crippen LogP contribution in [0.5, 0.6) is 0 Å². The zero-order valence-corrected chi connectivity index (χ0v) is 11.6. The van der Waals surface area contributed by atoms with Crippen molar-refractivity contribution in [2.24, 2.45) is 5.41 Å². The Morgan fingerprint density at radius 3 is 2.26 bits per heavy atom. The highest BCUT2D eigenvalue weighted by atomic mass is 16.6. The van der Waals surface area contributed by atoms with Crippen LogP contribution in [0.3, 0.4) is 0 Å². The minimum Gasteiger partial charge on any atom is -0.444 e. The molecule has 2 saturated heterocycles. The lowest BCUT2D eigenvalue weighted by atomic mass is 9.76. The molecule has 6 nitrogen and oxygen atoms in total. The third-order valence-corrected chi connectivity index (χ3v) is 3.65. The van der Waals surface area contributed by atoms with E-state index in [1.807, 2.05) is 20.8 Å². The maximum absolute atomic E-state index is 11.9. The van der Waals surface area contributed by atoms with Crippen molar-refractivity contribution >= 4 is 17.8 Å². The van der Waals surface area contributed by atoms with Crippen LogP contribution in [0.15, 0.2) is 0 Å². The minimum atomic E-state index is -0.904. The second kappa shape index (κ2) is 4.51. The summed E-state index contributed by atoms with van der Waals surface area (Å²) >= 11 is 0. The molecule has 6 heteroatoms. The van der Waals surface area contributed by atoms with Gasteiger partial charge >= 0.3 is 6.09 Å². The average molecular weight is 268 g/mol. The lowest BCUT2D eigenvalue weighted by Gasteiger charge is -2.36. The first-order chi connectivity index (χ1) is 8.74. The Kier molecular flexibility index (Phi) is 3.28. The number of nitrogens with one attached hydrogen (secondary N) is 1. The van der Waals surface area contributed by atoms with Crippen LogP contribution in [0.2, 0.25) is 0 Å². The van der Waals surface area contributed by atoms with E-state index >= 15 is 0 Å². The number of rotatable bonds is 0. The Hall–Kier alpha value is -1.59. The van der Waals surface area contributed by atoms with Gasteiger partial charge in [0, 0.05) is 13.1 Å². The lowest BCUT2D eigenvalue weighted by molar-refractivity contribution is -0.138. The molecule has 0 aromatic rings. The maximum Gasteiger partial charge on any atom is 0.410 e. The molecular formula is C13H20N2O4. The van der Waals surface area contributed by atoms with Crippen molar-refractivity contribution in [3.63, 3.8) is 0 Å². The Balaban J connectivity index is 1.98. The van der Waals surface area contributed by atoms with Crippen molar-refractivity contribution in [1.82, 2.24) is 10.2 Å². The van der Waals surface area contributed by atoms with Gasteiger partial charge in [0.15, 0.2) is 5.78 Å². The van der Waals surface area contributed by atoms with Crippen molar-refractivity contribution in [1.29, 1.82) is 0 Å². The SMILES string of the molecule is CC(C)(C)OC(=O)N1CCC2(CC1)C(=O)CNC2=O. The van der Waals surface area contributed by atoms with Gasteiger partial charge in [0.05, 0.1) is 6.54 Å². The topological polar surface area (TPSA) is 75.7 Å². The van der Waals surface area contributed by atoms with Crippen molar-refractivity contribution in [2.45, 2.75) is 39.2 Å². The smallest absolute Gasteiger partial charge is 0.410 e. The average Bonchev–Trinajstić information content (AvgIpc) is 2.57. The standard InChI is InChI=1S/C13H20N2O4/c1-12(2,3)19-11(18)15-6-4-13(5-7-15)9(16)8-14-10(13)17/h4-8H2,1-3H3,(H,14,17). The zero-order chi connectivity index (χ0) is 14.3. The van der Waals surface area contributed by atoms with E-state index in [1.54, 1.807) is 4.90 Å². The summed E-state index contributed by atoms with van der Waals surface area (Å²) in [7, 11) is 0. The highest BCUT2D eigenvalue weighted by molar-refractivity contribution is 6.12. The number of carbonyl (C=O) groups is 3. The highest BCUT2D eigenvalue weighted by Crippen LogP contribution is 2.35. The number of ketones is 1.